The lowest BCUT2D eigenvalue weighted by molar-refractivity contribution is -0.162. The Morgan fingerprint density at radius 1 is 1.02 bits per heavy atom. The number of hydrogen-bond acceptors (Lipinski definition) is 16. The fourth-order valence-electron chi connectivity index (χ4n) is 5.25. The van der Waals surface area contributed by atoms with Crippen molar-refractivity contribution in [2.24, 2.45) is 27.9 Å². The standard InChI is InChI=1S/C29H46N10O14S.ClH/c30-14(24(48)49)3-1-5-19(44)38-29(35-12-42)26(52)39-21(25(50)51)13(11-54-27(29)39)10-53-20(45)7-18(43)16(4-2-6-34-28(32)33)36-23(47)17(9-41)37-22(46)15(31)8-40;/h12,14-18,27,40-41,43H,1-11,30-31H2,(H,35,42)(H,36,47)(H,37,46)(H,38,44)(H,48,49)(H,50,51)(H4,32,33,34);1H. The van der Waals surface area contributed by atoms with E-state index < -0.39 is 115 Å². The minimum absolute atomic E-state index is 0. The third-order valence-electron chi connectivity index (χ3n) is 8.11. The Hall–Kier alpha value is -4.79. The van der Waals surface area contributed by atoms with Gasteiger partial charge in [0.05, 0.1) is 31.8 Å². The molecule has 24 nitrogen and oxygen atoms in total. The first-order valence-electron chi connectivity index (χ1n) is 16.3. The molecule has 0 saturated carbocycles. The van der Waals surface area contributed by atoms with Crippen molar-refractivity contribution in [1.82, 2.24) is 26.2 Å². The van der Waals surface area contributed by atoms with Crippen molar-refractivity contribution in [3.63, 3.8) is 0 Å². The Morgan fingerprint density at radius 3 is 2.25 bits per heavy atom. The summed E-state index contributed by atoms with van der Waals surface area (Å²) in [6, 6.07) is -5.36. The average Bonchev–Trinajstić information content (AvgIpc) is 3.12. The zero-order chi connectivity index (χ0) is 40.7. The second-order valence-electron chi connectivity index (χ2n) is 12.1. The number of nitrogens with one attached hydrogen (secondary N) is 4. The molecule has 0 aliphatic carbocycles. The van der Waals surface area contributed by atoms with Crippen molar-refractivity contribution < 1.29 is 68.6 Å². The summed E-state index contributed by atoms with van der Waals surface area (Å²) >= 11 is 0.931. The van der Waals surface area contributed by atoms with Gasteiger partial charge in [-0.3, -0.25) is 43.5 Å². The van der Waals surface area contributed by atoms with E-state index in [9.17, 15) is 53.7 Å². The number of esters is 1. The number of carbonyl (C=O) groups excluding carboxylic acids is 6. The summed E-state index contributed by atoms with van der Waals surface area (Å²) in [6.07, 6.45) is -2.37. The first kappa shape index (κ1) is 48.2. The molecule has 2 heterocycles. The van der Waals surface area contributed by atoms with Crippen LogP contribution in [0.2, 0.25) is 0 Å². The van der Waals surface area contributed by atoms with E-state index in [-0.39, 0.29) is 74.8 Å². The Kier molecular flexibility index (Phi) is 19.8. The lowest BCUT2D eigenvalue weighted by Gasteiger charge is -2.56. The van der Waals surface area contributed by atoms with Crippen LogP contribution in [0.5, 0.6) is 0 Å². The van der Waals surface area contributed by atoms with Gasteiger partial charge in [-0.15, -0.1) is 24.2 Å². The van der Waals surface area contributed by atoms with Crippen LogP contribution < -0.4 is 44.2 Å². The molecule has 17 N–H and O–H groups in total. The lowest BCUT2D eigenvalue weighted by Crippen LogP contribution is -2.85. The number of aliphatic hydroxyl groups is 3. The van der Waals surface area contributed by atoms with Gasteiger partial charge in [0.25, 0.3) is 5.91 Å². The number of hydrogen-bond donors (Lipinski definition) is 13. The van der Waals surface area contributed by atoms with E-state index in [0.29, 0.717) is 0 Å². The number of rotatable bonds is 24. The van der Waals surface area contributed by atoms with Gasteiger partial charge in [-0.1, -0.05) is 0 Å². The number of guanidine groups is 1. The van der Waals surface area contributed by atoms with Crippen molar-refractivity contribution in [2.75, 3.05) is 32.1 Å². The maximum atomic E-state index is 13.4. The highest BCUT2D eigenvalue weighted by Crippen LogP contribution is 2.45. The van der Waals surface area contributed by atoms with Gasteiger partial charge in [0.2, 0.25) is 29.8 Å². The fraction of sp³-hybridized carbons (Fsp3) is 0.621. The number of nitrogens with zero attached hydrogens (tertiary/aromatic N) is 2. The summed E-state index contributed by atoms with van der Waals surface area (Å²) < 4.78 is 5.22. The predicted molar refractivity (Wildman–Crippen MR) is 192 cm³/mol. The minimum atomic E-state index is -2.03. The van der Waals surface area contributed by atoms with Gasteiger partial charge >= 0.3 is 17.9 Å². The molecule has 0 aromatic heterocycles. The van der Waals surface area contributed by atoms with Crippen molar-refractivity contribution >= 4 is 78.1 Å². The molecule has 2 rings (SSSR count). The zero-order valence-electron chi connectivity index (χ0n) is 29.3. The van der Waals surface area contributed by atoms with Crippen LogP contribution in [0.4, 0.5) is 0 Å². The molecule has 55 heavy (non-hydrogen) atoms. The summed E-state index contributed by atoms with van der Waals surface area (Å²) in [6.45, 7) is -2.24. The van der Waals surface area contributed by atoms with Gasteiger partial charge in [0.1, 0.15) is 35.8 Å². The van der Waals surface area contributed by atoms with Gasteiger partial charge < -0.3 is 74.5 Å². The number of carbonyl (C=O) groups is 8. The number of ether oxygens (including phenoxy) is 1. The molecule has 0 aromatic rings. The Bertz CT molecular complexity index is 1500. The Balaban J connectivity index is 0.0000151. The highest BCUT2D eigenvalue weighted by Gasteiger charge is 2.66. The number of carboxylic acids is 2. The molecule has 0 bridgehead atoms. The van der Waals surface area contributed by atoms with Crippen LogP contribution in [0.25, 0.3) is 0 Å². The third kappa shape index (κ3) is 13.2. The summed E-state index contributed by atoms with van der Waals surface area (Å²) in [5.74, 6) is -8.00. The van der Waals surface area contributed by atoms with Crippen LogP contribution >= 0.6 is 24.2 Å². The highest BCUT2D eigenvalue weighted by molar-refractivity contribution is 8.00. The van der Waals surface area contributed by atoms with Crippen molar-refractivity contribution in [3.8, 4) is 0 Å². The number of amides is 5. The molecule has 1 saturated heterocycles. The van der Waals surface area contributed by atoms with Crippen LogP contribution in [0.15, 0.2) is 16.3 Å². The Morgan fingerprint density at radius 2 is 1.69 bits per heavy atom. The lowest BCUT2D eigenvalue weighted by atomic mass is 9.94. The Labute approximate surface area is 323 Å². The van der Waals surface area contributed by atoms with E-state index in [0.717, 1.165) is 16.7 Å². The van der Waals surface area contributed by atoms with Crippen LogP contribution in [0.1, 0.15) is 38.5 Å². The zero-order valence-corrected chi connectivity index (χ0v) is 30.9. The molecule has 2 aliphatic rings. The van der Waals surface area contributed by atoms with Gasteiger partial charge in [0, 0.05) is 24.3 Å². The van der Waals surface area contributed by atoms with Crippen molar-refractivity contribution in [3.05, 3.63) is 11.3 Å². The molecule has 0 spiro atoms. The van der Waals surface area contributed by atoms with Gasteiger partial charge in [-0.25, -0.2) is 4.79 Å². The minimum Gasteiger partial charge on any atom is -0.480 e. The van der Waals surface area contributed by atoms with E-state index in [2.05, 4.69) is 26.3 Å². The van der Waals surface area contributed by atoms with Gasteiger partial charge in [-0.05, 0) is 25.7 Å². The van der Waals surface area contributed by atoms with E-state index >= 15 is 0 Å². The maximum Gasteiger partial charge on any atom is 0.352 e. The molecule has 0 radical (unpaired) electrons. The number of aliphatic carboxylic acids is 2. The highest BCUT2D eigenvalue weighted by atomic mass is 35.5. The SMILES string of the molecule is Cl.NC(N)=NCCCC(NC(=O)C(CO)NC(=O)C(N)CO)C(O)CC(=O)OCC1=C(C(=O)O)N2C(=O)C(NC=O)(NC(=O)CCCC(N)C(=O)O)C2SC1. The second kappa shape index (κ2) is 22.6. The molecule has 7 atom stereocenters. The summed E-state index contributed by atoms with van der Waals surface area (Å²) in [7, 11) is 0. The molecule has 0 aromatic carbocycles. The summed E-state index contributed by atoms with van der Waals surface area (Å²) in [4.78, 5) is 103. The number of carboxylic acid groups (broad SMARTS) is 2. The maximum absolute atomic E-state index is 13.4. The predicted octanol–water partition coefficient (Wildman–Crippen LogP) is -6.57. The molecule has 26 heteroatoms. The number of fused-ring (bicyclic) bond motifs is 1. The van der Waals surface area contributed by atoms with Crippen LogP contribution in [0.3, 0.4) is 0 Å². The fourth-order valence-corrected chi connectivity index (χ4v) is 6.66. The van der Waals surface area contributed by atoms with E-state index in [1.807, 2.05) is 0 Å². The average molecular weight is 827 g/mol. The molecular formula is C29H47ClN10O14S. The normalized spacial score (nSPS) is 20.1. The van der Waals surface area contributed by atoms with Crippen molar-refractivity contribution in [2.45, 2.75) is 79.8 Å². The van der Waals surface area contributed by atoms with Gasteiger partial charge in [0.15, 0.2) is 5.96 Å². The number of aliphatic imine (C=N–C) groups is 1. The quantitative estimate of drug-likeness (QED) is 0.00818. The van der Waals surface area contributed by atoms with Gasteiger partial charge in [-0.2, -0.15) is 0 Å². The number of aliphatic hydroxyl groups excluding tert-OH is 3. The third-order valence-corrected chi connectivity index (χ3v) is 9.50. The molecule has 7 unspecified atom stereocenters. The first-order chi connectivity index (χ1) is 25.4. The monoisotopic (exact) mass is 826 g/mol. The van der Waals surface area contributed by atoms with E-state index in [4.69, 9.17) is 37.9 Å². The largest absolute Gasteiger partial charge is 0.480 e. The summed E-state index contributed by atoms with van der Waals surface area (Å²) in [5, 5.41) is 56.6. The number of β-lactam (4-membered cyclic amide) rings is 1. The van der Waals surface area contributed by atoms with Crippen LogP contribution in [0, 0.1) is 0 Å². The molecule has 1 fully saturated rings. The van der Waals surface area contributed by atoms with E-state index in [1.54, 1.807) is 0 Å². The smallest absolute Gasteiger partial charge is 0.352 e. The molecule has 310 valence electrons. The molecular weight excluding hydrogens is 780 g/mol. The topological polar surface area (TPSA) is 415 Å². The van der Waals surface area contributed by atoms with Crippen molar-refractivity contribution in [1.29, 1.82) is 0 Å². The molecule has 5 amide bonds. The second-order valence-corrected chi connectivity index (χ2v) is 13.1. The summed E-state index contributed by atoms with van der Waals surface area (Å²) in [5.41, 5.74) is 18.8. The van der Waals surface area contributed by atoms with E-state index in [1.165, 1.54) is 0 Å². The number of thioether (sulfide) groups is 1. The number of halogens is 1. The first-order valence-corrected chi connectivity index (χ1v) is 17.4. The molecule has 2 aliphatic heterocycles. The van der Waals surface area contributed by atoms with Crippen LogP contribution in [-0.4, -0.2) is 158 Å². The van der Waals surface area contributed by atoms with Crippen LogP contribution in [-0.2, 0) is 43.1 Å². The number of nitrogens with two attached hydrogens (primary N) is 4.